The van der Waals surface area contributed by atoms with Gasteiger partial charge in [0, 0.05) is 45.9 Å². The first-order valence-corrected chi connectivity index (χ1v) is 6.19. The summed E-state index contributed by atoms with van der Waals surface area (Å²) in [5.74, 6) is 0. The predicted octanol–water partition coefficient (Wildman–Crippen LogP) is 1.44. The lowest BCUT2D eigenvalue weighted by molar-refractivity contribution is 0.104. The van der Waals surface area contributed by atoms with Crippen LogP contribution in [0.15, 0.2) is 0 Å². The first-order valence-electron chi connectivity index (χ1n) is 6.19. The Morgan fingerprint density at radius 1 is 1.07 bits per heavy atom. The molecule has 1 rings (SSSR count). The number of ether oxygens (including phenoxy) is 1. The summed E-state index contributed by atoms with van der Waals surface area (Å²) in [7, 11) is 1.78. The molecule has 1 aliphatic rings. The second-order valence-corrected chi connectivity index (χ2v) is 4.67. The summed E-state index contributed by atoms with van der Waals surface area (Å²) in [5, 5.41) is 0. The Balaban J connectivity index is 2.04. The molecule has 0 amide bonds. The molecule has 3 heteroatoms. The molecule has 0 aliphatic carbocycles. The fourth-order valence-electron chi connectivity index (χ4n) is 2.09. The lowest BCUT2D eigenvalue weighted by atomic mass is 10.2. The zero-order chi connectivity index (χ0) is 11.1. The third kappa shape index (κ3) is 4.96. The predicted molar refractivity (Wildman–Crippen MR) is 64.3 cm³/mol. The third-order valence-corrected chi connectivity index (χ3v) is 3.21. The molecule has 3 nitrogen and oxygen atoms in total. The highest BCUT2D eigenvalue weighted by Gasteiger charge is 2.17. The van der Waals surface area contributed by atoms with E-state index in [4.69, 9.17) is 4.74 Å². The van der Waals surface area contributed by atoms with Crippen LogP contribution < -0.4 is 0 Å². The van der Waals surface area contributed by atoms with Crippen molar-refractivity contribution < 1.29 is 4.74 Å². The van der Waals surface area contributed by atoms with Crippen LogP contribution in [-0.2, 0) is 4.74 Å². The van der Waals surface area contributed by atoms with E-state index in [-0.39, 0.29) is 0 Å². The molecular weight excluding hydrogens is 188 g/mol. The van der Waals surface area contributed by atoms with Crippen LogP contribution in [0.25, 0.3) is 0 Å². The SMILES string of the molecule is COCCCCN1CCN(C(C)C)CC1. The Labute approximate surface area is 94.4 Å². The molecule has 0 aromatic carbocycles. The van der Waals surface area contributed by atoms with Crippen LogP contribution in [0.4, 0.5) is 0 Å². The lowest BCUT2D eigenvalue weighted by Gasteiger charge is -2.36. The number of piperazine rings is 1. The van der Waals surface area contributed by atoms with Crippen molar-refractivity contribution in [2.45, 2.75) is 32.7 Å². The summed E-state index contributed by atoms with van der Waals surface area (Å²) in [6.07, 6.45) is 2.47. The zero-order valence-electron chi connectivity index (χ0n) is 10.5. The maximum Gasteiger partial charge on any atom is 0.0462 e. The number of hydrogen-bond acceptors (Lipinski definition) is 3. The summed E-state index contributed by atoms with van der Waals surface area (Å²) in [4.78, 5) is 5.14. The third-order valence-electron chi connectivity index (χ3n) is 3.21. The van der Waals surface area contributed by atoms with E-state index >= 15 is 0 Å². The van der Waals surface area contributed by atoms with Crippen molar-refractivity contribution >= 4 is 0 Å². The van der Waals surface area contributed by atoms with Gasteiger partial charge in [-0.3, -0.25) is 4.90 Å². The highest BCUT2D eigenvalue weighted by molar-refractivity contribution is 4.73. The maximum atomic E-state index is 5.05. The molecule has 0 aromatic heterocycles. The molecule has 0 bridgehead atoms. The summed E-state index contributed by atoms with van der Waals surface area (Å²) >= 11 is 0. The Bertz CT molecular complexity index is 154. The second kappa shape index (κ2) is 7.20. The Morgan fingerprint density at radius 2 is 1.73 bits per heavy atom. The molecule has 0 N–H and O–H groups in total. The van der Waals surface area contributed by atoms with Gasteiger partial charge in [0.25, 0.3) is 0 Å². The van der Waals surface area contributed by atoms with Crippen molar-refractivity contribution in [2.75, 3.05) is 46.4 Å². The van der Waals surface area contributed by atoms with E-state index in [1.807, 2.05) is 0 Å². The molecule has 1 fully saturated rings. The van der Waals surface area contributed by atoms with E-state index < -0.39 is 0 Å². The van der Waals surface area contributed by atoms with Gasteiger partial charge in [-0.1, -0.05) is 0 Å². The van der Waals surface area contributed by atoms with Crippen LogP contribution in [0.5, 0.6) is 0 Å². The van der Waals surface area contributed by atoms with Crippen molar-refractivity contribution in [2.24, 2.45) is 0 Å². The van der Waals surface area contributed by atoms with E-state index in [1.54, 1.807) is 7.11 Å². The van der Waals surface area contributed by atoms with Crippen molar-refractivity contribution in [1.29, 1.82) is 0 Å². The fourth-order valence-corrected chi connectivity index (χ4v) is 2.09. The van der Waals surface area contributed by atoms with Crippen molar-refractivity contribution in [1.82, 2.24) is 9.80 Å². The van der Waals surface area contributed by atoms with Crippen LogP contribution >= 0.6 is 0 Å². The van der Waals surface area contributed by atoms with Gasteiger partial charge in [0.15, 0.2) is 0 Å². The number of unbranched alkanes of at least 4 members (excludes halogenated alkanes) is 1. The van der Waals surface area contributed by atoms with Gasteiger partial charge in [-0.25, -0.2) is 0 Å². The monoisotopic (exact) mass is 214 g/mol. The van der Waals surface area contributed by atoms with Gasteiger partial charge in [-0.2, -0.15) is 0 Å². The average molecular weight is 214 g/mol. The number of hydrogen-bond donors (Lipinski definition) is 0. The Hall–Kier alpha value is -0.120. The molecule has 0 unspecified atom stereocenters. The highest BCUT2D eigenvalue weighted by Crippen LogP contribution is 2.06. The summed E-state index contributed by atoms with van der Waals surface area (Å²) in [6.45, 7) is 11.7. The van der Waals surface area contributed by atoms with Crippen LogP contribution in [0, 0.1) is 0 Å². The van der Waals surface area contributed by atoms with Crippen molar-refractivity contribution in [3.8, 4) is 0 Å². The molecule has 90 valence electrons. The zero-order valence-corrected chi connectivity index (χ0v) is 10.5. The fraction of sp³-hybridized carbons (Fsp3) is 1.00. The number of methoxy groups -OCH3 is 1. The molecule has 1 heterocycles. The van der Waals surface area contributed by atoms with Gasteiger partial charge < -0.3 is 9.64 Å². The van der Waals surface area contributed by atoms with Crippen LogP contribution in [0.2, 0.25) is 0 Å². The minimum absolute atomic E-state index is 0.709. The number of rotatable bonds is 6. The Morgan fingerprint density at radius 3 is 2.27 bits per heavy atom. The first kappa shape index (κ1) is 12.9. The van der Waals surface area contributed by atoms with Gasteiger partial charge >= 0.3 is 0 Å². The Kier molecular flexibility index (Phi) is 6.22. The van der Waals surface area contributed by atoms with E-state index in [9.17, 15) is 0 Å². The quantitative estimate of drug-likeness (QED) is 0.622. The average Bonchev–Trinajstić information content (AvgIpc) is 2.25. The largest absolute Gasteiger partial charge is 0.385 e. The van der Waals surface area contributed by atoms with Crippen molar-refractivity contribution in [3.63, 3.8) is 0 Å². The first-order chi connectivity index (χ1) is 7.24. The molecule has 0 saturated carbocycles. The molecule has 15 heavy (non-hydrogen) atoms. The molecule has 0 aromatic rings. The van der Waals surface area contributed by atoms with E-state index in [0.717, 1.165) is 6.61 Å². The smallest absolute Gasteiger partial charge is 0.0462 e. The minimum atomic E-state index is 0.709. The maximum absolute atomic E-state index is 5.05. The standard InChI is InChI=1S/C12H26N2O/c1-12(2)14-9-7-13(8-10-14)6-4-5-11-15-3/h12H,4-11H2,1-3H3. The summed E-state index contributed by atoms with van der Waals surface area (Å²) in [6, 6.07) is 0.709. The molecule has 1 aliphatic heterocycles. The van der Waals surface area contributed by atoms with Gasteiger partial charge in [0.2, 0.25) is 0 Å². The molecule has 0 atom stereocenters. The molecule has 0 spiro atoms. The normalized spacial score (nSPS) is 20.0. The van der Waals surface area contributed by atoms with Gasteiger partial charge in [-0.05, 0) is 33.2 Å². The van der Waals surface area contributed by atoms with Gasteiger partial charge in [0.05, 0.1) is 0 Å². The lowest BCUT2D eigenvalue weighted by Crippen LogP contribution is -2.48. The second-order valence-electron chi connectivity index (χ2n) is 4.67. The van der Waals surface area contributed by atoms with Crippen molar-refractivity contribution in [3.05, 3.63) is 0 Å². The molecular formula is C12H26N2O. The van der Waals surface area contributed by atoms with E-state index in [1.165, 1.54) is 45.6 Å². The van der Waals surface area contributed by atoms with Crippen LogP contribution in [0.1, 0.15) is 26.7 Å². The molecule has 0 radical (unpaired) electrons. The molecule has 1 saturated heterocycles. The van der Waals surface area contributed by atoms with Gasteiger partial charge in [0.1, 0.15) is 0 Å². The van der Waals surface area contributed by atoms with Crippen LogP contribution in [-0.4, -0.2) is 62.3 Å². The van der Waals surface area contributed by atoms with Gasteiger partial charge in [-0.15, -0.1) is 0 Å². The summed E-state index contributed by atoms with van der Waals surface area (Å²) < 4.78 is 5.05. The highest BCUT2D eigenvalue weighted by atomic mass is 16.5. The van der Waals surface area contributed by atoms with E-state index in [0.29, 0.717) is 6.04 Å². The summed E-state index contributed by atoms with van der Waals surface area (Å²) in [5.41, 5.74) is 0. The van der Waals surface area contributed by atoms with Crippen LogP contribution in [0.3, 0.4) is 0 Å². The van der Waals surface area contributed by atoms with E-state index in [2.05, 4.69) is 23.6 Å². The topological polar surface area (TPSA) is 15.7 Å². The minimum Gasteiger partial charge on any atom is -0.385 e. The number of nitrogens with zero attached hydrogens (tertiary/aromatic N) is 2.